The first-order valence-corrected chi connectivity index (χ1v) is 5.05. The Morgan fingerprint density at radius 2 is 2.38 bits per heavy atom. The molecule has 0 atom stereocenters. The summed E-state index contributed by atoms with van der Waals surface area (Å²) in [7, 11) is 1.83. The molecule has 0 spiro atoms. The van der Waals surface area contributed by atoms with E-state index in [0.29, 0.717) is 5.15 Å². The van der Waals surface area contributed by atoms with Crippen molar-refractivity contribution in [2.45, 2.75) is 0 Å². The Hall–Kier alpha value is -0.560. The molecule has 2 aromatic heterocycles. The molecule has 6 heteroatoms. The average Bonchev–Trinajstić information content (AvgIpc) is 2.47. The van der Waals surface area contributed by atoms with E-state index in [0.717, 1.165) is 15.0 Å². The number of hydrogen-bond donors (Lipinski definition) is 1. The summed E-state index contributed by atoms with van der Waals surface area (Å²) in [5.74, 6) is 0. The molecule has 0 saturated heterocycles. The summed E-state index contributed by atoms with van der Waals surface area (Å²) in [6, 6.07) is 1.75. The van der Waals surface area contributed by atoms with Crippen LogP contribution >= 0.6 is 34.2 Å². The fourth-order valence-corrected chi connectivity index (χ4v) is 1.76. The molecule has 2 rings (SSSR count). The van der Waals surface area contributed by atoms with Crippen LogP contribution in [0.5, 0.6) is 0 Å². The van der Waals surface area contributed by atoms with Crippen molar-refractivity contribution in [3.05, 3.63) is 21.1 Å². The zero-order chi connectivity index (χ0) is 9.42. The number of rotatable bonds is 1. The summed E-state index contributed by atoms with van der Waals surface area (Å²) in [5.41, 5.74) is 1.67. The molecule has 0 radical (unpaired) electrons. The Kier molecular flexibility index (Phi) is 2.29. The third-order valence-electron chi connectivity index (χ3n) is 1.67. The second-order valence-electron chi connectivity index (χ2n) is 2.45. The molecule has 0 unspecified atom stereocenters. The van der Waals surface area contributed by atoms with Crippen molar-refractivity contribution in [2.75, 3.05) is 12.4 Å². The lowest BCUT2D eigenvalue weighted by atomic mass is 10.4. The maximum Gasteiger partial charge on any atom is 0.178 e. The van der Waals surface area contributed by atoms with Crippen LogP contribution in [0.15, 0.2) is 12.3 Å². The number of aromatic nitrogens is 3. The van der Waals surface area contributed by atoms with Gasteiger partial charge in [0, 0.05) is 13.1 Å². The Morgan fingerprint density at radius 3 is 3.08 bits per heavy atom. The van der Waals surface area contributed by atoms with Gasteiger partial charge in [0.15, 0.2) is 10.8 Å². The first-order valence-electron chi connectivity index (χ1n) is 3.60. The maximum atomic E-state index is 5.83. The van der Waals surface area contributed by atoms with Gasteiger partial charge in [0.25, 0.3) is 0 Å². The lowest BCUT2D eigenvalue weighted by molar-refractivity contribution is 0.915. The van der Waals surface area contributed by atoms with E-state index in [2.05, 4.69) is 38.0 Å². The van der Waals surface area contributed by atoms with Crippen molar-refractivity contribution in [3.63, 3.8) is 0 Å². The van der Waals surface area contributed by atoms with Gasteiger partial charge < -0.3 is 5.32 Å². The van der Waals surface area contributed by atoms with Gasteiger partial charge in [0.2, 0.25) is 0 Å². The normalized spacial score (nSPS) is 10.7. The first kappa shape index (κ1) is 9.01. The van der Waals surface area contributed by atoms with Crippen LogP contribution in [0.3, 0.4) is 0 Å². The van der Waals surface area contributed by atoms with Crippen LogP contribution < -0.4 is 5.32 Å². The minimum atomic E-state index is 0.452. The summed E-state index contributed by atoms with van der Waals surface area (Å²) in [4.78, 5) is 4.20. The number of imidazole rings is 1. The van der Waals surface area contributed by atoms with Crippen LogP contribution in [0.2, 0.25) is 5.15 Å². The van der Waals surface area contributed by atoms with Crippen LogP contribution in [-0.2, 0) is 0 Å². The zero-order valence-electron chi connectivity index (χ0n) is 6.75. The van der Waals surface area contributed by atoms with Crippen LogP contribution in [0, 0.1) is 3.70 Å². The Balaban J connectivity index is 2.84. The summed E-state index contributed by atoms with van der Waals surface area (Å²) in [5, 5.41) is 7.58. The predicted molar refractivity (Wildman–Crippen MR) is 60.3 cm³/mol. The molecule has 1 N–H and O–H groups in total. The van der Waals surface area contributed by atoms with Gasteiger partial charge in [-0.2, -0.15) is 5.10 Å². The van der Waals surface area contributed by atoms with Crippen LogP contribution in [0.4, 0.5) is 5.69 Å². The second kappa shape index (κ2) is 3.30. The van der Waals surface area contributed by atoms with E-state index in [4.69, 9.17) is 11.6 Å². The van der Waals surface area contributed by atoms with E-state index in [-0.39, 0.29) is 0 Å². The smallest absolute Gasteiger partial charge is 0.178 e. The highest BCUT2D eigenvalue weighted by Gasteiger charge is 2.07. The maximum absolute atomic E-state index is 5.83. The van der Waals surface area contributed by atoms with Crippen molar-refractivity contribution in [2.24, 2.45) is 0 Å². The zero-order valence-corrected chi connectivity index (χ0v) is 9.67. The molecule has 68 valence electrons. The van der Waals surface area contributed by atoms with Crippen molar-refractivity contribution in [3.8, 4) is 0 Å². The molecule has 0 saturated carbocycles. The minimum absolute atomic E-state index is 0.452. The van der Waals surface area contributed by atoms with Gasteiger partial charge in [-0.15, -0.1) is 0 Å². The summed E-state index contributed by atoms with van der Waals surface area (Å²) < 4.78 is 2.64. The largest absolute Gasteiger partial charge is 0.385 e. The van der Waals surface area contributed by atoms with Crippen molar-refractivity contribution >= 4 is 45.5 Å². The number of nitrogens with zero attached hydrogens (tertiary/aromatic N) is 3. The van der Waals surface area contributed by atoms with Crippen LogP contribution in [0.25, 0.3) is 5.65 Å². The standard InChI is InChI=1S/C7H6ClIN4/c1-10-4-2-5(8)12-13-6(9)3-11-7(4)13/h2-3,10H,1H3. The summed E-state index contributed by atoms with van der Waals surface area (Å²) in [6.07, 6.45) is 1.75. The molecule has 0 fully saturated rings. The highest BCUT2D eigenvalue weighted by molar-refractivity contribution is 14.1. The molecule has 4 nitrogen and oxygen atoms in total. The van der Waals surface area contributed by atoms with Gasteiger partial charge in [-0.05, 0) is 22.6 Å². The van der Waals surface area contributed by atoms with Gasteiger partial charge in [0.05, 0.1) is 11.9 Å². The predicted octanol–water partition coefficient (Wildman–Crippen LogP) is 2.03. The molecule has 0 bridgehead atoms. The second-order valence-corrected chi connectivity index (χ2v) is 3.94. The fraction of sp³-hybridized carbons (Fsp3) is 0.143. The summed E-state index contributed by atoms with van der Waals surface area (Å²) >= 11 is 7.98. The van der Waals surface area contributed by atoms with E-state index in [1.807, 2.05) is 7.05 Å². The van der Waals surface area contributed by atoms with E-state index >= 15 is 0 Å². The third kappa shape index (κ3) is 1.46. The molecule has 0 aliphatic heterocycles. The molecule has 0 aromatic carbocycles. The third-order valence-corrected chi connectivity index (χ3v) is 2.59. The lowest BCUT2D eigenvalue weighted by Crippen LogP contribution is -1.99. The Labute approximate surface area is 93.4 Å². The lowest BCUT2D eigenvalue weighted by Gasteiger charge is -2.02. The molecule has 13 heavy (non-hydrogen) atoms. The Bertz CT molecular complexity index is 453. The van der Waals surface area contributed by atoms with Gasteiger partial charge >= 0.3 is 0 Å². The monoisotopic (exact) mass is 308 g/mol. The molecule has 2 aromatic rings. The van der Waals surface area contributed by atoms with E-state index in [1.54, 1.807) is 16.8 Å². The molecule has 0 aliphatic rings. The minimum Gasteiger partial charge on any atom is -0.385 e. The number of nitrogens with one attached hydrogen (secondary N) is 1. The SMILES string of the molecule is CNc1cc(Cl)nn2c(I)cnc12. The van der Waals surface area contributed by atoms with Crippen molar-refractivity contribution in [1.29, 1.82) is 0 Å². The van der Waals surface area contributed by atoms with Crippen LogP contribution in [0.1, 0.15) is 0 Å². The van der Waals surface area contributed by atoms with E-state index in [9.17, 15) is 0 Å². The van der Waals surface area contributed by atoms with E-state index < -0.39 is 0 Å². The molecular formula is C7H6ClIN4. The highest BCUT2D eigenvalue weighted by Crippen LogP contribution is 2.19. The summed E-state index contributed by atoms with van der Waals surface area (Å²) in [6.45, 7) is 0. The van der Waals surface area contributed by atoms with E-state index in [1.165, 1.54) is 0 Å². The molecule has 2 heterocycles. The molecular weight excluding hydrogens is 302 g/mol. The number of hydrogen-bond acceptors (Lipinski definition) is 3. The topological polar surface area (TPSA) is 42.2 Å². The highest BCUT2D eigenvalue weighted by atomic mass is 127. The van der Waals surface area contributed by atoms with Crippen molar-refractivity contribution in [1.82, 2.24) is 14.6 Å². The van der Waals surface area contributed by atoms with Gasteiger partial charge in [0.1, 0.15) is 3.70 Å². The first-order chi connectivity index (χ1) is 6.22. The number of halogens is 2. The quantitative estimate of drug-likeness (QED) is 0.820. The number of anilines is 1. The molecule has 0 aliphatic carbocycles. The fourth-order valence-electron chi connectivity index (χ4n) is 1.10. The Morgan fingerprint density at radius 1 is 1.62 bits per heavy atom. The molecule has 0 amide bonds. The van der Waals surface area contributed by atoms with Gasteiger partial charge in [-0.3, -0.25) is 0 Å². The van der Waals surface area contributed by atoms with Crippen LogP contribution in [-0.4, -0.2) is 21.6 Å². The van der Waals surface area contributed by atoms with Gasteiger partial charge in [-0.1, -0.05) is 11.6 Å². The van der Waals surface area contributed by atoms with Crippen molar-refractivity contribution < 1.29 is 0 Å². The average molecular weight is 309 g/mol. The number of fused-ring (bicyclic) bond motifs is 1. The van der Waals surface area contributed by atoms with Gasteiger partial charge in [-0.25, -0.2) is 9.50 Å².